The molecule has 0 bridgehead atoms. The summed E-state index contributed by atoms with van der Waals surface area (Å²) in [6, 6.07) is 0. The van der Waals surface area contributed by atoms with Gasteiger partial charge in [0.05, 0.1) is 6.61 Å². The zero-order valence-corrected chi connectivity index (χ0v) is 8.77. The number of ether oxygens (including phenoxy) is 2. The highest BCUT2D eigenvalue weighted by atomic mass is 16.5. The molecule has 0 saturated carbocycles. The molecule has 0 spiro atoms. The highest BCUT2D eigenvalue weighted by Gasteiger charge is 2.30. The third-order valence-corrected chi connectivity index (χ3v) is 2.79. The second-order valence-corrected chi connectivity index (χ2v) is 3.84. The lowest BCUT2D eigenvalue weighted by Crippen LogP contribution is -2.52. The Labute approximate surface area is 80.8 Å². The van der Waals surface area contributed by atoms with E-state index >= 15 is 0 Å². The fourth-order valence-corrected chi connectivity index (χ4v) is 2.01. The molecular formula is C10H21NO2. The molecule has 1 unspecified atom stereocenters. The van der Waals surface area contributed by atoms with Crippen molar-refractivity contribution < 1.29 is 9.47 Å². The molecule has 0 aromatic heterocycles. The van der Waals surface area contributed by atoms with Crippen LogP contribution in [0.4, 0.5) is 0 Å². The molecule has 1 heterocycles. The Morgan fingerprint density at radius 3 is 2.62 bits per heavy atom. The first-order valence-corrected chi connectivity index (χ1v) is 5.06. The van der Waals surface area contributed by atoms with Crippen LogP contribution < -0.4 is 5.32 Å². The third kappa shape index (κ3) is 3.25. The molecular weight excluding hydrogens is 166 g/mol. The van der Waals surface area contributed by atoms with Crippen LogP contribution in [0.5, 0.6) is 0 Å². The van der Waals surface area contributed by atoms with Gasteiger partial charge in [-0.25, -0.2) is 0 Å². The molecule has 1 saturated heterocycles. The molecule has 1 rings (SSSR count). The van der Waals surface area contributed by atoms with Gasteiger partial charge in [-0.15, -0.1) is 0 Å². The van der Waals surface area contributed by atoms with E-state index in [9.17, 15) is 0 Å². The Morgan fingerprint density at radius 1 is 1.23 bits per heavy atom. The first kappa shape index (κ1) is 11.0. The van der Waals surface area contributed by atoms with Gasteiger partial charge >= 0.3 is 0 Å². The van der Waals surface area contributed by atoms with Crippen LogP contribution in [0.25, 0.3) is 0 Å². The minimum atomic E-state index is 0.184. The van der Waals surface area contributed by atoms with Gasteiger partial charge in [0.15, 0.2) is 0 Å². The highest BCUT2D eigenvalue weighted by molar-refractivity contribution is 4.90. The van der Waals surface area contributed by atoms with Crippen molar-refractivity contribution in [3.05, 3.63) is 0 Å². The maximum atomic E-state index is 5.26. The maximum Gasteiger partial charge on any atom is 0.0645 e. The lowest BCUT2D eigenvalue weighted by molar-refractivity contribution is 0.0609. The van der Waals surface area contributed by atoms with E-state index in [0.717, 1.165) is 26.2 Å². The fraction of sp³-hybridized carbons (Fsp3) is 1.00. The summed E-state index contributed by atoms with van der Waals surface area (Å²) in [5.74, 6) is 0. The Hall–Kier alpha value is -0.120. The second kappa shape index (κ2) is 5.58. The van der Waals surface area contributed by atoms with Crippen LogP contribution in [-0.2, 0) is 9.47 Å². The summed E-state index contributed by atoms with van der Waals surface area (Å²) in [5.41, 5.74) is 0.184. The van der Waals surface area contributed by atoms with E-state index in [1.807, 2.05) is 0 Å². The lowest BCUT2D eigenvalue weighted by atomic mass is 9.87. The third-order valence-electron chi connectivity index (χ3n) is 2.79. The normalized spacial score (nSPS) is 29.1. The van der Waals surface area contributed by atoms with E-state index in [4.69, 9.17) is 9.47 Å². The molecule has 1 N–H and O–H groups in total. The molecule has 1 atom stereocenters. The van der Waals surface area contributed by atoms with Gasteiger partial charge in [0.1, 0.15) is 0 Å². The Morgan fingerprint density at radius 2 is 2.08 bits per heavy atom. The van der Waals surface area contributed by atoms with Gasteiger partial charge < -0.3 is 14.8 Å². The van der Waals surface area contributed by atoms with E-state index in [1.165, 1.54) is 19.3 Å². The van der Waals surface area contributed by atoms with Gasteiger partial charge in [-0.05, 0) is 25.8 Å². The first-order valence-electron chi connectivity index (χ1n) is 5.06. The molecule has 1 fully saturated rings. The molecule has 1 aliphatic heterocycles. The number of rotatable bonds is 5. The number of piperidine rings is 1. The van der Waals surface area contributed by atoms with E-state index in [1.54, 1.807) is 14.2 Å². The zero-order valence-electron chi connectivity index (χ0n) is 8.77. The van der Waals surface area contributed by atoms with E-state index in [-0.39, 0.29) is 5.54 Å². The minimum absolute atomic E-state index is 0.184. The summed E-state index contributed by atoms with van der Waals surface area (Å²) in [6.45, 7) is 2.74. The predicted octanol–water partition coefficient (Wildman–Crippen LogP) is 1.18. The van der Waals surface area contributed by atoms with Gasteiger partial charge in [-0.1, -0.05) is 6.42 Å². The number of hydrogen-bond acceptors (Lipinski definition) is 3. The Kier molecular flexibility index (Phi) is 4.70. The largest absolute Gasteiger partial charge is 0.385 e. The van der Waals surface area contributed by atoms with E-state index < -0.39 is 0 Å². The monoisotopic (exact) mass is 187 g/mol. The summed E-state index contributed by atoms with van der Waals surface area (Å²) in [7, 11) is 3.52. The fourth-order valence-electron chi connectivity index (χ4n) is 2.01. The van der Waals surface area contributed by atoms with Crippen LogP contribution >= 0.6 is 0 Å². The van der Waals surface area contributed by atoms with Crippen LogP contribution in [0.1, 0.15) is 25.7 Å². The lowest BCUT2D eigenvalue weighted by Gasteiger charge is -2.37. The second-order valence-electron chi connectivity index (χ2n) is 3.84. The number of methoxy groups -OCH3 is 2. The first-order chi connectivity index (χ1) is 6.33. The summed E-state index contributed by atoms with van der Waals surface area (Å²) >= 11 is 0. The molecule has 13 heavy (non-hydrogen) atoms. The van der Waals surface area contributed by atoms with Gasteiger partial charge in [0, 0.05) is 26.4 Å². The van der Waals surface area contributed by atoms with Crippen LogP contribution in [0.15, 0.2) is 0 Å². The molecule has 3 heteroatoms. The number of hydrogen-bond donors (Lipinski definition) is 1. The van der Waals surface area contributed by atoms with Gasteiger partial charge in [-0.2, -0.15) is 0 Å². The van der Waals surface area contributed by atoms with E-state index in [0.29, 0.717) is 0 Å². The summed E-state index contributed by atoms with van der Waals surface area (Å²) in [6.07, 6.45) is 4.86. The van der Waals surface area contributed by atoms with Gasteiger partial charge in [-0.3, -0.25) is 0 Å². The van der Waals surface area contributed by atoms with Crippen LogP contribution in [-0.4, -0.2) is 39.5 Å². The van der Waals surface area contributed by atoms with E-state index in [2.05, 4.69) is 5.32 Å². The summed E-state index contributed by atoms with van der Waals surface area (Å²) < 4.78 is 10.4. The summed E-state index contributed by atoms with van der Waals surface area (Å²) in [4.78, 5) is 0. The quantitative estimate of drug-likeness (QED) is 0.701. The SMILES string of the molecule is COCCC1(COC)CCCCN1. The van der Waals surface area contributed by atoms with Crippen molar-refractivity contribution in [2.24, 2.45) is 0 Å². The number of nitrogens with one attached hydrogen (secondary N) is 1. The topological polar surface area (TPSA) is 30.5 Å². The molecule has 78 valence electrons. The molecule has 0 amide bonds. The maximum absolute atomic E-state index is 5.26. The van der Waals surface area contributed by atoms with Gasteiger partial charge in [0.25, 0.3) is 0 Å². The molecule has 0 aliphatic carbocycles. The smallest absolute Gasteiger partial charge is 0.0645 e. The zero-order chi connectivity index (χ0) is 9.57. The van der Waals surface area contributed by atoms with Crippen molar-refractivity contribution in [1.29, 1.82) is 0 Å². The average molecular weight is 187 g/mol. The molecule has 0 aromatic carbocycles. The van der Waals surface area contributed by atoms with Crippen LogP contribution in [0.2, 0.25) is 0 Å². The minimum Gasteiger partial charge on any atom is -0.385 e. The standard InChI is InChI=1S/C10H21NO2/c1-12-8-6-10(9-13-2)5-3-4-7-11-10/h11H,3-9H2,1-2H3. The van der Waals surface area contributed by atoms with Crippen molar-refractivity contribution in [2.45, 2.75) is 31.2 Å². The Balaban J connectivity index is 2.40. The average Bonchev–Trinajstić information content (AvgIpc) is 2.17. The van der Waals surface area contributed by atoms with Crippen LogP contribution in [0.3, 0.4) is 0 Å². The van der Waals surface area contributed by atoms with Crippen molar-refractivity contribution >= 4 is 0 Å². The highest BCUT2D eigenvalue weighted by Crippen LogP contribution is 2.23. The van der Waals surface area contributed by atoms with Crippen molar-refractivity contribution in [2.75, 3.05) is 34.0 Å². The van der Waals surface area contributed by atoms with Crippen LogP contribution in [0, 0.1) is 0 Å². The summed E-state index contributed by atoms with van der Waals surface area (Å²) in [5, 5.41) is 3.56. The Bertz CT molecular complexity index is 127. The van der Waals surface area contributed by atoms with Crippen molar-refractivity contribution in [3.8, 4) is 0 Å². The molecule has 0 radical (unpaired) electrons. The van der Waals surface area contributed by atoms with Gasteiger partial charge in [0.2, 0.25) is 0 Å². The molecule has 3 nitrogen and oxygen atoms in total. The molecule has 0 aromatic rings. The predicted molar refractivity (Wildman–Crippen MR) is 53.0 cm³/mol. The van der Waals surface area contributed by atoms with Crippen molar-refractivity contribution in [3.63, 3.8) is 0 Å². The van der Waals surface area contributed by atoms with Crippen molar-refractivity contribution in [1.82, 2.24) is 5.32 Å². The molecule has 1 aliphatic rings.